The number of carboxylic acid groups (broad SMARTS) is 1. The van der Waals surface area contributed by atoms with E-state index in [2.05, 4.69) is 29.7 Å². The lowest BCUT2D eigenvalue weighted by Crippen LogP contribution is -2.54. The van der Waals surface area contributed by atoms with Gasteiger partial charge in [-0.3, -0.25) is 9.20 Å². The minimum absolute atomic E-state index is 0.187. The van der Waals surface area contributed by atoms with Crippen LogP contribution >= 0.6 is 0 Å². The predicted octanol–water partition coefficient (Wildman–Crippen LogP) is 5.82. The first-order valence-corrected chi connectivity index (χ1v) is 14.6. The van der Waals surface area contributed by atoms with E-state index in [9.17, 15) is 14.7 Å². The number of carbonyl (C=O) groups is 2. The summed E-state index contributed by atoms with van der Waals surface area (Å²) < 4.78 is 10.1. The topological polar surface area (TPSA) is 125 Å². The fourth-order valence-electron chi connectivity index (χ4n) is 6.26. The molecule has 1 amide bonds. The summed E-state index contributed by atoms with van der Waals surface area (Å²) in [6.07, 6.45) is 7.06. The van der Waals surface area contributed by atoms with E-state index in [-0.39, 0.29) is 16.9 Å². The Balaban J connectivity index is 0.000000387. The van der Waals surface area contributed by atoms with Crippen molar-refractivity contribution in [2.45, 2.75) is 78.7 Å². The van der Waals surface area contributed by atoms with Crippen LogP contribution < -0.4 is 10.5 Å². The molecule has 8 rings (SSSR count). The first-order chi connectivity index (χ1) is 19.4. The van der Waals surface area contributed by atoms with Crippen molar-refractivity contribution in [1.29, 1.82) is 0 Å². The lowest BCUT2D eigenvalue weighted by Gasteiger charge is -2.62. The number of amides is 1. The van der Waals surface area contributed by atoms with Crippen LogP contribution in [-0.2, 0) is 17.8 Å². The van der Waals surface area contributed by atoms with Gasteiger partial charge in [-0.15, -0.1) is 0 Å². The number of fused-ring (bicyclic) bond motifs is 2. The lowest BCUT2D eigenvalue weighted by molar-refractivity contribution is -0.125. The molecule has 3 N–H and O–H groups in total. The third kappa shape index (κ3) is 4.75. The van der Waals surface area contributed by atoms with Gasteiger partial charge in [0, 0.05) is 35.0 Å². The number of ether oxygens (including phenoxy) is 1. The van der Waals surface area contributed by atoms with Gasteiger partial charge in [-0.2, -0.15) is 0 Å². The molecule has 0 aromatic carbocycles. The van der Waals surface area contributed by atoms with Crippen LogP contribution in [0.4, 0.5) is 0 Å². The van der Waals surface area contributed by atoms with Gasteiger partial charge in [-0.1, -0.05) is 27.7 Å². The Labute approximate surface area is 239 Å². The van der Waals surface area contributed by atoms with Crippen LogP contribution in [0.2, 0.25) is 0 Å². The van der Waals surface area contributed by atoms with Gasteiger partial charge in [0.2, 0.25) is 5.91 Å². The van der Waals surface area contributed by atoms with Crippen LogP contribution in [0.25, 0.3) is 28.1 Å². The molecular formula is C32H39N5O4. The predicted molar refractivity (Wildman–Crippen MR) is 157 cm³/mol. The highest BCUT2D eigenvalue weighted by molar-refractivity contribution is 5.90. The van der Waals surface area contributed by atoms with Gasteiger partial charge < -0.3 is 20.1 Å². The molecule has 4 aromatic rings. The van der Waals surface area contributed by atoms with Crippen LogP contribution in [0.1, 0.15) is 87.5 Å². The second-order valence-corrected chi connectivity index (χ2v) is 13.2. The van der Waals surface area contributed by atoms with Crippen molar-refractivity contribution < 1.29 is 19.4 Å². The molecule has 0 saturated heterocycles. The van der Waals surface area contributed by atoms with Crippen LogP contribution in [0.3, 0.4) is 0 Å². The average Bonchev–Trinajstić information content (AvgIpc) is 3.55. The molecule has 4 heterocycles. The van der Waals surface area contributed by atoms with Crippen LogP contribution in [0.5, 0.6) is 5.88 Å². The van der Waals surface area contributed by atoms with Crippen LogP contribution in [-0.4, -0.2) is 43.0 Å². The van der Waals surface area contributed by atoms with Crippen molar-refractivity contribution in [3.05, 3.63) is 47.3 Å². The molecule has 2 bridgehead atoms. The van der Waals surface area contributed by atoms with E-state index in [0.29, 0.717) is 22.9 Å². The first-order valence-electron chi connectivity index (χ1n) is 14.6. The van der Waals surface area contributed by atoms with E-state index in [4.69, 9.17) is 20.4 Å². The number of carboxylic acids is 1. The SMILES string of the molecule is CC(C)(C)C(N)=O.CCc1ccc2cc(-c3nc4cc(C(=O)O)cc(OC)n4c3C3CC3)n(CC34CC(C3)C4)c2n1. The molecule has 0 aliphatic heterocycles. The van der Waals surface area contributed by atoms with Gasteiger partial charge in [0.25, 0.3) is 0 Å². The number of nitrogens with two attached hydrogens (primary N) is 1. The molecule has 216 valence electrons. The van der Waals surface area contributed by atoms with E-state index in [1.807, 2.05) is 4.40 Å². The molecule has 4 aromatic heterocycles. The molecule has 0 radical (unpaired) electrons. The summed E-state index contributed by atoms with van der Waals surface area (Å²) in [5, 5.41) is 10.8. The summed E-state index contributed by atoms with van der Waals surface area (Å²) in [7, 11) is 1.59. The standard InChI is InChI=1S/C27H28N4O3.C5H11NO/c1-3-19-7-6-17-8-20(30(25(17)28-19)14-27-11-15(12-27)13-27)23-24(16-4-5-16)31-21(29-23)9-18(26(32)33)10-22(31)34-2;1-5(2,3)4(6)7/h6-10,15-16H,3-5,11-14H2,1-2H3,(H,32,33);1-3H3,(H2,6,7). The summed E-state index contributed by atoms with van der Waals surface area (Å²) in [6.45, 7) is 8.47. The molecule has 9 nitrogen and oxygen atoms in total. The lowest BCUT2D eigenvalue weighted by atomic mass is 9.44. The van der Waals surface area contributed by atoms with E-state index in [1.165, 1.54) is 19.3 Å². The monoisotopic (exact) mass is 557 g/mol. The van der Waals surface area contributed by atoms with E-state index in [0.717, 1.165) is 65.5 Å². The number of carbonyl (C=O) groups excluding carboxylic acids is 1. The molecule has 9 heteroatoms. The Hall–Kier alpha value is -3.88. The van der Waals surface area contributed by atoms with Crippen molar-refractivity contribution in [3.8, 4) is 17.3 Å². The largest absolute Gasteiger partial charge is 0.482 e. The van der Waals surface area contributed by atoms with Crippen molar-refractivity contribution in [2.24, 2.45) is 22.5 Å². The zero-order valence-electron chi connectivity index (χ0n) is 24.5. The number of aromatic carboxylic acids is 1. The molecule has 0 atom stereocenters. The van der Waals surface area contributed by atoms with Crippen LogP contribution in [0, 0.1) is 16.7 Å². The van der Waals surface area contributed by atoms with Crippen molar-refractivity contribution in [3.63, 3.8) is 0 Å². The molecule has 4 aliphatic carbocycles. The first kappa shape index (κ1) is 27.3. The third-order valence-corrected chi connectivity index (χ3v) is 8.95. The second-order valence-electron chi connectivity index (χ2n) is 13.2. The number of imidazole rings is 1. The average molecular weight is 558 g/mol. The fourth-order valence-corrected chi connectivity index (χ4v) is 6.26. The summed E-state index contributed by atoms with van der Waals surface area (Å²) in [6, 6.07) is 9.77. The molecule has 0 spiro atoms. The van der Waals surface area contributed by atoms with E-state index in [1.54, 1.807) is 40.0 Å². The summed E-state index contributed by atoms with van der Waals surface area (Å²) in [4.78, 5) is 32.1. The molecule has 4 aliphatic rings. The molecule has 4 saturated carbocycles. The van der Waals surface area contributed by atoms with E-state index < -0.39 is 5.97 Å². The maximum atomic E-state index is 11.7. The van der Waals surface area contributed by atoms with Crippen molar-refractivity contribution in [1.82, 2.24) is 18.9 Å². The normalized spacial score (nSPS) is 21.1. The number of methoxy groups -OCH3 is 1. The number of nitrogens with zero attached hydrogens (tertiary/aromatic N) is 4. The maximum absolute atomic E-state index is 11.7. The molecule has 0 unspecified atom stereocenters. The van der Waals surface area contributed by atoms with Crippen molar-refractivity contribution >= 4 is 28.6 Å². The summed E-state index contributed by atoms with van der Waals surface area (Å²) in [5.74, 6) is 0.597. The number of rotatable bonds is 7. The minimum atomic E-state index is -0.979. The number of hydrogen-bond acceptors (Lipinski definition) is 5. The second kappa shape index (κ2) is 9.60. The van der Waals surface area contributed by atoms with Gasteiger partial charge >= 0.3 is 5.97 Å². The number of pyridine rings is 2. The van der Waals surface area contributed by atoms with Gasteiger partial charge in [0.15, 0.2) is 5.88 Å². The number of aromatic nitrogens is 4. The Kier molecular flexibility index (Phi) is 6.39. The Morgan fingerprint density at radius 2 is 1.80 bits per heavy atom. The third-order valence-electron chi connectivity index (χ3n) is 8.95. The number of hydrogen-bond donors (Lipinski definition) is 2. The van der Waals surface area contributed by atoms with Gasteiger partial charge in [0.1, 0.15) is 17.0 Å². The zero-order valence-corrected chi connectivity index (χ0v) is 24.5. The minimum Gasteiger partial charge on any atom is -0.482 e. The fraction of sp³-hybridized carbons (Fsp3) is 0.500. The maximum Gasteiger partial charge on any atom is 0.336 e. The van der Waals surface area contributed by atoms with E-state index >= 15 is 0 Å². The molecular weight excluding hydrogens is 518 g/mol. The summed E-state index contributed by atoms with van der Waals surface area (Å²) in [5.41, 5.74) is 11.1. The Bertz CT molecular complexity index is 1670. The highest BCUT2D eigenvalue weighted by Crippen LogP contribution is 2.65. The highest BCUT2D eigenvalue weighted by atomic mass is 16.5. The highest BCUT2D eigenvalue weighted by Gasteiger charge is 2.56. The molecule has 4 fully saturated rings. The van der Waals surface area contributed by atoms with Crippen LogP contribution in [0.15, 0.2) is 30.3 Å². The quantitative estimate of drug-likeness (QED) is 0.295. The van der Waals surface area contributed by atoms with Gasteiger partial charge in [0.05, 0.1) is 24.1 Å². The number of aryl methyl sites for hydroxylation is 1. The number of primary amides is 1. The molecule has 41 heavy (non-hydrogen) atoms. The van der Waals surface area contributed by atoms with Gasteiger partial charge in [-0.05, 0) is 74.1 Å². The smallest absolute Gasteiger partial charge is 0.336 e. The zero-order chi connectivity index (χ0) is 29.3. The van der Waals surface area contributed by atoms with Gasteiger partial charge in [-0.25, -0.2) is 14.8 Å². The summed E-state index contributed by atoms with van der Waals surface area (Å²) >= 11 is 0. The van der Waals surface area contributed by atoms with Crippen molar-refractivity contribution in [2.75, 3.05) is 7.11 Å². The Morgan fingerprint density at radius 1 is 1.12 bits per heavy atom. The Morgan fingerprint density at radius 3 is 2.32 bits per heavy atom.